The Hall–Kier alpha value is -5.49. The fourth-order valence-electron chi connectivity index (χ4n) is 4.91. The van der Waals surface area contributed by atoms with Gasteiger partial charge in [-0.25, -0.2) is 23.6 Å². The van der Waals surface area contributed by atoms with Gasteiger partial charge in [-0.2, -0.15) is 10.2 Å². The standard InChI is InChI=1S/C30H21FN8O2S/c31-19-13-18(14-21(40)15-19)26-25-28(32)33-17-34-29(25)38(36-26)16-24-35-37-12-11-23(42-22-9-5-2-6-10-22)27(37)30(41)39(24)20-7-3-1-4-8-20/h1-15,17,40H,16H2,(H2,32,33,34). The fraction of sp³-hybridized carbons (Fsp3) is 0.0333. The molecule has 0 bridgehead atoms. The Morgan fingerprint density at radius 2 is 1.69 bits per heavy atom. The van der Waals surface area contributed by atoms with Crippen molar-refractivity contribution in [2.24, 2.45) is 0 Å². The Morgan fingerprint density at radius 3 is 2.45 bits per heavy atom. The SMILES string of the molecule is Nc1ncnc2c1c(-c1cc(O)cc(F)c1)nn2Cc1nn2ccc(Sc3ccccc3)c2c(=O)n1-c1ccccc1. The van der Waals surface area contributed by atoms with Crippen LogP contribution in [0.3, 0.4) is 0 Å². The lowest BCUT2D eigenvalue weighted by Gasteiger charge is -2.14. The van der Waals surface area contributed by atoms with Crippen LogP contribution in [0.1, 0.15) is 5.82 Å². The first-order valence-corrected chi connectivity index (χ1v) is 13.7. The van der Waals surface area contributed by atoms with Crippen LogP contribution < -0.4 is 11.3 Å². The highest BCUT2D eigenvalue weighted by Gasteiger charge is 2.22. The van der Waals surface area contributed by atoms with Gasteiger partial charge in [0.2, 0.25) is 0 Å². The average molecular weight is 577 g/mol. The van der Waals surface area contributed by atoms with Crippen molar-refractivity contribution < 1.29 is 9.50 Å². The summed E-state index contributed by atoms with van der Waals surface area (Å²) in [6.07, 6.45) is 3.06. The molecule has 10 nitrogen and oxygen atoms in total. The van der Waals surface area contributed by atoms with E-state index in [1.165, 1.54) is 30.2 Å². The van der Waals surface area contributed by atoms with E-state index in [1.807, 2.05) is 66.7 Å². The zero-order chi connectivity index (χ0) is 28.8. The minimum absolute atomic E-state index is 0.0215. The summed E-state index contributed by atoms with van der Waals surface area (Å²) in [7, 11) is 0. The summed E-state index contributed by atoms with van der Waals surface area (Å²) in [5.74, 6) is -0.377. The molecule has 0 spiro atoms. The monoisotopic (exact) mass is 576 g/mol. The lowest BCUT2D eigenvalue weighted by atomic mass is 10.1. The quantitative estimate of drug-likeness (QED) is 0.286. The average Bonchev–Trinajstić information content (AvgIpc) is 3.56. The molecule has 0 saturated carbocycles. The Morgan fingerprint density at radius 1 is 0.929 bits per heavy atom. The molecule has 0 amide bonds. The first-order valence-electron chi connectivity index (χ1n) is 12.8. The number of benzene rings is 3. The molecule has 0 atom stereocenters. The number of halogens is 1. The first-order chi connectivity index (χ1) is 20.5. The van der Waals surface area contributed by atoms with Crippen molar-refractivity contribution in [2.75, 3.05) is 5.73 Å². The molecular formula is C30H21FN8O2S. The third-order valence-corrected chi connectivity index (χ3v) is 7.76. The van der Waals surface area contributed by atoms with Crippen LogP contribution in [0.2, 0.25) is 0 Å². The number of anilines is 1. The molecule has 4 heterocycles. The van der Waals surface area contributed by atoms with E-state index in [0.29, 0.717) is 33.6 Å². The molecule has 0 saturated heterocycles. The maximum Gasteiger partial charge on any atom is 0.283 e. The Labute approximate surface area is 241 Å². The highest BCUT2D eigenvalue weighted by molar-refractivity contribution is 7.99. The molecule has 7 rings (SSSR count). The van der Waals surface area contributed by atoms with E-state index in [0.717, 1.165) is 15.9 Å². The van der Waals surface area contributed by atoms with Crippen LogP contribution >= 0.6 is 11.8 Å². The van der Waals surface area contributed by atoms with Crippen LogP contribution in [0.4, 0.5) is 10.2 Å². The van der Waals surface area contributed by atoms with Crippen molar-refractivity contribution in [1.82, 2.24) is 33.9 Å². The normalized spacial score (nSPS) is 11.5. The summed E-state index contributed by atoms with van der Waals surface area (Å²) in [5, 5.41) is 20.0. The number of nitrogens with two attached hydrogens (primary N) is 1. The van der Waals surface area contributed by atoms with Gasteiger partial charge < -0.3 is 10.8 Å². The number of aromatic nitrogens is 7. The van der Waals surface area contributed by atoms with E-state index >= 15 is 0 Å². The maximum atomic E-state index is 14.2. The summed E-state index contributed by atoms with van der Waals surface area (Å²) < 4.78 is 18.9. The topological polar surface area (TPSA) is 129 Å². The molecule has 7 aromatic rings. The number of fused-ring (bicyclic) bond motifs is 2. The number of nitrogens with zero attached hydrogens (tertiary/aromatic N) is 7. The minimum atomic E-state index is -0.634. The molecule has 206 valence electrons. The molecule has 0 unspecified atom stereocenters. The molecule has 0 fully saturated rings. The number of para-hydroxylation sites is 1. The second-order valence-corrected chi connectivity index (χ2v) is 10.6. The Bertz CT molecular complexity index is 2140. The molecule has 0 aliphatic heterocycles. The van der Waals surface area contributed by atoms with Crippen LogP contribution in [0.15, 0.2) is 112 Å². The number of hydrogen-bond donors (Lipinski definition) is 2. The second-order valence-electron chi connectivity index (χ2n) is 9.44. The largest absolute Gasteiger partial charge is 0.508 e. The number of hydrogen-bond acceptors (Lipinski definition) is 8. The van der Waals surface area contributed by atoms with Crippen LogP contribution in [0.25, 0.3) is 33.5 Å². The molecular weight excluding hydrogens is 555 g/mol. The number of phenolic OH excluding ortho intramolecular Hbond substituents is 1. The molecule has 42 heavy (non-hydrogen) atoms. The van der Waals surface area contributed by atoms with Gasteiger partial charge in [-0.1, -0.05) is 48.2 Å². The summed E-state index contributed by atoms with van der Waals surface area (Å²) in [5.41, 5.74) is 7.99. The molecule has 3 N–H and O–H groups in total. The predicted molar refractivity (Wildman–Crippen MR) is 157 cm³/mol. The minimum Gasteiger partial charge on any atom is -0.508 e. The Kier molecular flexibility index (Phi) is 6.16. The van der Waals surface area contributed by atoms with Gasteiger partial charge in [0.05, 0.1) is 11.1 Å². The Balaban J connectivity index is 1.42. The molecule has 12 heteroatoms. The molecule has 4 aromatic heterocycles. The van der Waals surface area contributed by atoms with Crippen molar-refractivity contribution >= 4 is 34.1 Å². The number of rotatable bonds is 6. The van der Waals surface area contributed by atoms with Crippen LogP contribution in [-0.4, -0.2) is 39.0 Å². The van der Waals surface area contributed by atoms with Gasteiger partial charge in [0.25, 0.3) is 5.56 Å². The van der Waals surface area contributed by atoms with Crippen molar-refractivity contribution in [3.05, 3.63) is 119 Å². The van der Waals surface area contributed by atoms with Crippen LogP contribution in [0, 0.1) is 5.82 Å². The summed E-state index contributed by atoms with van der Waals surface area (Å²) in [6.45, 7) is 0.0215. The highest BCUT2D eigenvalue weighted by atomic mass is 32.2. The van der Waals surface area contributed by atoms with Gasteiger partial charge in [0.15, 0.2) is 11.5 Å². The number of nitrogen functional groups attached to an aromatic ring is 1. The predicted octanol–water partition coefficient (Wildman–Crippen LogP) is 4.92. The summed E-state index contributed by atoms with van der Waals surface area (Å²) >= 11 is 1.48. The first kappa shape index (κ1) is 25.5. The van der Waals surface area contributed by atoms with E-state index in [2.05, 4.69) is 9.97 Å². The zero-order valence-corrected chi connectivity index (χ0v) is 22.6. The van der Waals surface area contributed by atoms with Gasteiger partial charge in [-0.05, 0) is 42.5 Å². The van der Waals surface area contributed by atoms with Crippen molar-refractivity contribution in [2.45, 2.75) is 16.3 Å². The van der Waals surface area contributed by atoms with Gasteiger partial charge in [-0.3, -0.25) is 9.36 Å². The maximum absolute atomic E-state index is 14.2. The van der Waals surface area contributed by atoms with Crippen molar-refractivity contribution in [3.63, 3.8) is 0 Å². The van der Waals surface area contributed by atoms with E-state index in [4.69, 9.17) is 15.9 Å². The summed E-state index contributed by atoms with van der Waals surface area (Å²) in [4.78, 5) is 24.4. The smallest absolute Gasteiger partial charge is 0.283 e. The fourth-order valence-corrected chi connectivity index (χ4v) is 5.87. The number of phenols is 1. The second kappa shape index (κ2) is 10.2. The van der Waals surface area contributed by atoms with Gasteiger partial charge in [-0.15, -0.1) is 0 Å². The van der Waals surface area contributed by atoms with Crippen molar-refractivity contribution in [3.8, 4) is 22.7 Å². The molecule has 0 aliphatic rings. The zero-order valence-electron chi connectivity index (χ0n) is 21.8. The van der Waals surface area contributed by atoms with Crippen molar-refractivity contribution in [1.29, 1.82) is 0 Å². The van der Waals surface area contributed by atoms with E-state index in [1.54, 1.807) is 20.0 Å². The van der Waals surface area contributed by atoms with Gasteiger partial charge >= 0.3 is 0 Å². The molecule has 3 aromatic carbocycles. The number of aromatic hydroxyl groups is 1. The summed E-state index contributed by atoms with van der Waals surface area (Å²) in [6, 6.07) is 24.5. The molecule has 0 aliphatic carbocycles. The van der Waals surface area contributed by atoms with E-state index < -0.39 is 5.82 Å². The van der Waals surface area contributed by atoms with E-state index in [9.17, 15) is 14.3 Å². The lowest BCUT2D eigenvalue weighted by molar-refractivity contribution is 0.469. The van der Waals surface area contributed by atoms with Gasteiger partial charge in [0.1, 0.15) is 41.5 Å². The van der Waals surface area contributed by atoms with E-state index in [-0.39, 0.29) is 29.4 Å². The lowest BCUT2D eigenvalue weighted by Crippen LogP contribution is -2.28. The third kappa shape index (κ3) is 4.43. The molecule has 0 radical (unpaired) electrons. The third-order valence-electron chi connectivity index (χ3n) is 6.71. The van der Waals surface area contributed by atoms with Gasteiger partial charge in [0, 0.05) is 27.6 Å². The highest BCUT2D eigenvalue weighted by Crippen LogP contribution is 2.33. The van der Waals surface area contributed by atoms with Crippen LogP contribution in [-0.2, 0) is 6.54 Å². The van der Waals surface area contributed by atoms with Crippen LogP contribution in [0.5, 0.6) is 5.75 Å².